The van der Waals surface area contributed by atoms with Crippen molar-refractivity contribution in [1.29, 1.82) is 0 Å². The number of methoxy groups -OCH3 is 2. The van der Waals surface area contributed by atoms with Gasteiger partial charge in [-0.2, -0.15) is 0 Å². The molecule has 0 fully saturated rings. The molecule has 3 aliphatic rings. The van der Waals surface area contributed by atoms with Crippen molar-refractivity contribution in [2.75, 3.05) is 21.0 Å². The Balaban J connectivity index is 1.57. The third-order valence-corrected chi connectivity index (χ3v) is 6.55. The quantitative estimate of drug-likeness (QED) is 0.711. The summed E-state index contributed by atoms with van der Waals surface area (Å²) in [5.74, 6) is 1.10. The molecule has 2 aromatic rings. The molecule has 0 aromatic heterocycles. The van der Waals surface area contributed by atoms with Crippen LogP contribution in [0.5, 0.6) is 17.2 Å². The molecule has 2 atom stereocenters. The number of ketones is 1. The lowest BCUT2D eigenvalue weighted by Gasteiger charge is -2.36. The maximum atomic E-state index is 13.6. The van der Waals surface area contributed by atoms with E-state index in [2.05, 4.69) is 5.32 Å². The van der Waals surface area contributed by atoms with E-state index >= 15 is 0 Å². The molecule has 2 unspecified atom stereocenters. The first kappa shape index (κ1) is 21.1. The molecule has 33 heavy (non-hydrogen) atoms. The maximum Gasteiger partial charge on any atom is 0.336 e. The summed E-state index contributed by atoms with van der Waals surface area (Å²) >= 11 is 0. The molecule has 1 N–H and O–H groups in total. The summed E-state index contributed by atoms with van der Waals surface area (Å²) in [4.78, 5) is 26.4. The van der Waals surface area contributed by atoms with Crippen LogP contribution in [-0.4, -0.2) is 32.8 Å². The molecule has 170 valence electrons. The number of carbonyl (C=O) groups is 2. The van der Waals surface area contributed by atoms with Crippen molar-refractivity contribution in [1.82, 2.24) is 5.32 Å². The number of Topliss-reactive ketones (excluding diaryl/α,β-unsaturated/α-hetero) is 1. The second kappa shape index (κ2) is 8.31. The van der Waals surface area contributed by atoms with Gasteiger partial charge in [-0.05, 0) is 54.7 Å². The van der Waals surface area contributed by atoms with Gasteiger partial charge < -0.3 is 24.3 Å². The van der Waals surface area contributed by atoms with Crippen LogP contribution in [0.15, 0.2) is 65.0 Å². The molecule has 0 amide bonds. The van der Waals surface area contributed by atoms with Crippen LogP contribution in [0.4, 0.5) is 0 Å². The van der Waals surface area contributed by atoms with E-state index in [1.54, 1.807) is 7.11 Å². The van der Waals surface area contributed by atoms with Gasteiger partial charge in [-0.15, -0.1) is 0 Å². The van der Waals surface area contributed by atoms with Crippen molar-refractivity contribution in [3.05, 3.63) is 76.1 Å². The molecule has 1 aliphatic carbocycles. The van der Waals surface area contributed by atoms with Crippen LogP contribution in [0.2, 0.25) is 0 Å². The number of dihydropyridines is 1. The van der Waals surface area contributed by atoms with Crippen LogP contribution in [0, 0.1) is 0 Å². The highest BCUT2D eigenvalue weighted by Gasteiger charge is 2.41. The number of hydrogen-bond acceptors (Lipinski definition) is 7. The Hall–Kier alpha value is -3.74. The largest absolute Gasteiger partial charge is 0.497 e. The molecule has 0 bridgehead atoms. The van der Waals surface area contributed by atoms with Crippen molar-refractivity contribution in [2.45, 2.75) is 31.6 Å². The van der Waals surface area contributed by atoms with Gasteiger partial charge in [0.1, 0.15) is 5.75 Å². The van der Waals surface area contributed by atoms with Gasteiger partial charge in [-0.25, -0.2) is 4.79 Å². The normalized spacial score (nSPS) is 21.5. The fourth-order valence-electron chi connectivity index (χ4n) is 4.96. The first-order chi connectivity index (χ1) is 16.0. The van der Waals surface area contributed by atoms with Crippen molar-refractivity contribution in [3.8, 4) is 17.2 Å². The third-order valence-electron chi connectivity index (χ3n) is 6.55. The molecule has 0 saturated heterocycles. The highest BCUT2D eigenvalue weighted by atomic mass is 16.7. The SMILES string of the molecule is COC(=O)C1=C(C)NC2=C(C(=O)CC(c3ccc(OC)cc3)C2)C1c1ccc2c(c1)OCO2. The smallest absolute Gasteiger partial charge is 0.336 e. The van der Waals surface area contributed by atoms with Crippen LogP contribution in [0.25, 0.3) is 0 Å². The molecule has 2 heterocycles. The number of hydrogen-bond donors (Lipinski definition) is 1. The van der Waals surface area contributed by atoms with Crippen molar-refractivity contribution >= 4 is 11.8 Å². The van der Waals surface area contributed by atoms with E-state index in [0.29, 0.717) is 41.2 Å². The predicted octanol–water partition coefficient (Wildman–Crippen LogP) is 3.96. The Morgan fingerprint density at radius 3 is 2.45 bits per heavy atom. The summed E-state index contributed by atoms with van der Waals surface area (Å²) in [5.41, 5.74) is 4.46. The van der Waals surface area contributed by atoms with E-state index in [9.17, 15) is 9.59 Å². The second-order valence-electron chi connectivity index (χ2n) is 8.39. The number of carbonyl (C=O) groups excluding carboxylic acids is 2. The van der Waals surface area contributed by atoms with E-state index in [1.165, 1.54) is 7.11 Å². The van der Waals surface area contributed by atoms with E-state index < -0.39 is 11.9 Å². The van der Waals surface area contributed by atoms with Gasteiger partial charge in [0, 0.05) is 29.3 Å². The number of fused-ring (bicyclic) bond motifs is 1. The van der Waals surface area contributed by atoms with Gasteiger partial charge in [0.2, 0.25) is 6.79 Å². The van der Waals surface area contributed by atoms with Gasteiger partial charge in [0.25, 0.3) is 0 Å². The monoisotopic (exact) mass is 447 g/mol. The minimum absolute atomic E-state index is 0.0149. The summed E-state index contributed by atoms with van der Waals surface area (Å²) in [6.45, 7) is 2.00. The third kappa shape index (κ3) is 3.63. The Labute approximate surface area is 192 Å². The van der Waals surface area contributed by atoms with Crippen molar-refractivity contribution < 1.29 is 28.5 Å². The fraction of sp³-hybridized carbons (Fsp3) is 0.308. The highest BCUT2D eigenvalue weighted by Crippen LogP contribution is 2.47. The number of esters is 1. The summed E-state index contributed by atoms with van der Waals surface area (Å²) in [7, 11) is 2.98. The average Bonchev–Trinajstić information content (AvgIpc) is 3.30. The Kier molecular flexibility index (Phi) is 5.32. The van der Waals surface area contributed by atoms with Gasteiger partial charge in [-0.1, -0.05) is 18.2 Å². The molecular formula is C26H25NO6. The van der Waals surface area contributed by atoms with Crippen LogP contribution < -0.4 is 19.5 Å². The van der Waals surface area contributed by atoms with Crippen LogP contribution in [0.1, 0.15) is 42.7 Å². The molecule has 2 aliphatic heterocycles. The van der Waals surface area contributed by atoms with E-state index in [0.717, 1.165) is 22.6 Å². The Morgan fingerprint density at radius 1 is 1.00 bits per heavy atom. The topological polar surface area (TPSA) is 83.1 Å². The zero-order chi connectivity index (χ0) is 23.1. The minimum atomic E-state index is -0.535. The molecule has 0 radical (unpaired) electrons. The zero-order valence-electron chi connectivity index (χ0n) is 18.8. The number of ether oxygens (including phenoxy) is 4. The van der Waals surface area contributed by atoms with Crippen LogP contribution in [0.3, 0.4) is 0 Å². The summed E-state index contributed by atoms with van der Waals surface area (Å²) in [6, 6.07) is 13.4. The lowest BCUT2D eigenvalue weighted by molar-refractivity contribution is -0.136. The Morgan fingerprint density at radius 2 is 1.73 bits per heavy atom. The number of benzene rings is 2. The molecule has 7 nitrogen and oxygen atoms in total. The first-order valence-corrected chi connectivity index (χ1v) is 10.9. The summed E-state index contributed by atoms with van der Waals surface area (Å²) in [5, 5.41) is 3.35. The van der Waals surface area contributed by atoms with Crippen LogP contribution in [-0.2, 0) is 14.3 Å². The van der Waals surface area contributed by atoms with E-state index in [4.69, 9.17) is 18.9 Å². The van der Waals surface area contributed by atoms with Crippen molar-refractivity contribution in [2.24, 2.45) is 0 Å². The standard InChI is InChI=1S/C26H25NO6/c1-14-23(26(29)31-3)24(16-6-9-21-22(12-16)33-13-32-21)25-19(27-14)10-17(11-20(25)28)15-4-7-18(30-2)8-5-15/h4-9,12,17,24,27H,10-11,13H2,1-3H3. The molecule has 7 heteroatoms. The van der Waals surface area contributed by atoms with Gasteiger partial charge in [0.05, 0.1) is 19.8 Å². The molecular weight excluding hydrogens is 422 g/mol. The maximum absolute atomic E-state index is 13.6. The van der Waals surface area contributed by atoms with Crippen molar-refractivity contribution in [3.63, 3.8) is 0 Å². The van der Waals surface area contributed by atoms with E-state index in [1.807, 2.05) is 49.4 Å². The molecule has 5 rings (SSSR count). The first-order valence-electron chi connectivity index (χ1n) is 10.9. The minimum Gasteiger partial charge on any atom is -0.497 e. The lowest BCUT2D eigenvalue weighted by atomic mass is 9.71. The van der Waals surface area contributed by atoms with Gasteiger partial charge in [-0.3, -0.25) is 4.79 Å². The molecule has 2 aromatic carbocycles. The summed E-state index contributed by atoms with van der Waals surface area (Å²) < 4.78 is 21.3. The van der Waals surface area contributed by atoms with Gasteiger partial charge >= 0.3 is 5.97 Å². The second-order valence-corrected chi connectivity index (χ2v) is 8.39. The summed E-state index contributed by atoms with van der Waals surface area (Å²) in [6.07, 6.45) is 1.03. The predicted molar refractivity (Wildman–Crippen MR) is 120 cm³/mol. The molecule has 0 spiro atoms. The van der Waals surface area contributed by atoms with E-state index in [-0.39, 0.29) is 18.5 Å². The van der Waals surface area contributed by atoms with Gasteiger partial charge in [0.15, 0.2) is 17.3 Å². The zero-order valence-corrected chi connectivity index (χ0v) is 18.8. The number of allylic oxidation sites excluding steroid dienone is 3. The fourth-order valence-corrected chi connectivity index (χ4v) is 4.96. The molecule has 0 saturated carbocycles. The van der Waals surface area contributed by atoms with Crippen LogP contribution >= 0.6 is 0 Å². The average molecular weight is 447 g/mol. The number of rotatable bonds is 4. The lowest BCUT2D eigenvalue weighted by Crippen LogP contribution is -2.36. The number of nitrogens with one attached hydrogen (secondary N) is 1. The highest BCUT2D eigenvalue weighted by molar-refractivity contribution is 6.04. The Bertz CT molecular complexity index is 1190.